The average Bonchev–Trinajstić information content (AvgIpc) is 3.67. The van der Waals surface area contributed by atoms with E-state index in [1.165, 1.54) is 13.2 Å². The molecule has 0 radical (unpaired) electrons. The van der Waals surface area contributed by atoms with Crippen molar-refractivity contribution in [2.45, 2.75) is 30.8 Å². The predicted octanol–water partition coefficient (Wildman–Crippen LogP) is 4.36. The third kappa shape index (κ3) is 4.04. The first-order valence-electron chi connectivity index (χ1n) is 14.2. The Kier molecular flexibility index (Phi) is 6.84. The number of anilines is 1. The van der Waals surface area contributed by atoms with E-state index in [1.54, 1.807) is 48.5 Å². The van der Waals surface area contributed by atoms with Crippen molar-refractivity contribution in [3.05, 3.63) is 93.4 Å². The number of nitrogens with one attached hydrogen (secondary N) is 2. The zero-order valence-electron chi connectivity index (χ0n) is 23.4. The predicted molar refractivity (Wildman–Crippen MR) is 158 cm³/mol. The topological polar surface area (TPSA) is 138 Å². The summed E-state index contributed by atoms with van der Waals surface area (Å²) in [4.78, 5) is 55.3. The number of rotatable bonds is 6. The summed E-state index contributed by atoms with van der Waals surface area (Å²) in [6, 6.07) is 15.0. The van der Waals surface area contributed by atoms with Gasteiger partial charge in [0, 0.05) is 5.02 Å². The van der Waals surface area contributed by atoms with Gasteiger partial charge in [-0.05, 0) is 66.8 Å². The Morgan fingerprint density at radius 3 is 2.50 bits per heavy atom. The zero-order valence-corrected chi connectivity index (χ0v) is 24.9. The van der Waals surface area contributed by atoms with Crippen molar-refractivity contribution in [1.29, 1.82) is 0 Å². The standard InChI is InChI=1S/C32H27Cl2N3O7/c1-43-17-5-2-15(3-6-17)32-22(30(41)37(31(32)42)36-24-10-4-16(33)12-23(24)34)13-21-19(27(32)25-11-7-18(14-38)44-25)8-9-20-26(21)29(40)35-28(20)39/h2-8,10-12,20-22,26-27,36,38H,9,13-14H2,1H3,(H,35,39,40)/t20-,21+,22-,26-,27+,32+/m0/s1. The molecule has 10 nitrogen and oxygen atoms in total. The number of benzene rings is 2. The SMILES string of the molecule is COc1ccc([C@@]23C(=O)N(Nc4ccc(Cl)cc4Cl)C(=O)[C@@H]2C[C@@H]2C(=CC[C@@H]4C(=O)NC(=O)[C@@H]42)[C@@H]3c2ccc(CO)o2)cc1. The lowest BCUT2D eigenvalue weighted by atomic mass is 9.50. The number of hydrogen-bond donors (Lipinski definition) is 3. The zero-order chi connectivity index (χ0) is 30.9. The molecule has 1 saturated carbocycles. The minimum absolute atomic E-state index is 0.140. The van der Waals surface area contributed by atoms with Gasteiger partial charge in [0.05, 0.1) is 41.5 Å². The molecule has 0 unspecified atom stereocenters. The fourth-order valence-corrected chi connectivity index (χ4v) is 8.15. The smallest absolute Gasteiger partial charge is 0.260 e. The van der Waals surface area contributed by atoms with Gasteiger partial charge >= 0.3 is 0 Å². The number of carbonyl (C=O) groups excluding carboxylic acids is 4. The van der Waals surface area contributed by atoms with Gasteiger partial charge in [-0.15, -0.1) is 0 Å². The van der Waals surface area contributed by atoms with Gasteiger partial charge in [0.25, 0.3) is 11.8 Å². The fourth-order valence-electron chi connectivity index (χ4n) is 7.70. The van der Waals surface area contributed by atoms with E-state index < -0.39 is 46.8 Å². The number of hydrazine groups is 1. The van der Waals surface area contributed by atoms with Crippen molar-refractivity contribution in [3.63, 3.8) is 0 Å². The van der Waals surface area contributed by atoms with Gasteiger partial charge < -0.3 is 14.3 Å². The summed E-state index contributed by atoms with van der Waals surface area (Å²) in [7, 11) is 1.53. The molecule has 44 heavy (non-hydrogen) atoms. The lowest BCUT2D eigenvalue weighted by molar-refractivity contribution is -0.139. The maximum absolute atomic E-state index is 15.0. The minimum atomic E-state index is -1.52. The van der Waals surface area contributed by atoms with Gasteiger partial charge in [-0.2, -0.15) is 5.01 Å². The number of allylic oxidation sites excluding steroid dienone is 2. The van der Waals surface area contributed by atoms with Crippen LogP contribution >= 0.6 is 23.2 Å². The molecule has 3 fully saturated rings. The van der Waals surface area contributed by atoms with Crippen LogP contribution in [0.25, 0.3) is 0 Å². The van der Waals surface area contributed by atoms with Crippen molar-refractivity contribution in [2.75, 3.05) is 12.5 Å². The van der Waals surface area contributed by atoms with Crippen LogP contribution in [0.5, 0.6) is 5.75 Å². The number of imide groups is 2. The second kappa shape index (κ2) is 10.5. The molecule has 4 aliphatic rings. The van der Waals surface area contributed by atoms with Gasteiger partial charge in [-0.1, -0.05) is 47.0 Å². The molecule has 3 N–H and O–H groups in total. The number of ether oxygens (including phenoxy) is 1. The number of aliphatic hydroxyl groups excluding tert-OH is 1. The van der Waals surface area contributed by atoms with Gasteiger partial charge in [0.2, 0.25) is 11.8 Å². The number of halogens is 2. The summed E-state index contributed by atoms with van der Waals surface area (Å²) in [6.07, 6.45) is 2.36. The molecule has 3 aromatic rings. The molecule has 4 amide bonds. The summed E-state index contributed by atoms with van der Waals surface area (Å²) in [5.41, 5.74) is 3.01. The maximum atomic E-state index is 15.0. The average molecular weight is 636 g/mol. The fraction of sp³-hybridized carbons (Fsp3) is 0.312. The first-order chi connectivity index (χ1) is 21.2. The number of methoxy groups -OCH3 is 1. The first-order valence-corrected chi connectivity index (χ1v) is 14.9. The molecule has 2 aromatic carbocycles. The van der Waals surface area contributed by atoms with Crippen LogP contribution in [0.3, 0.4) is 0 Å². The molecule has 0 bridgehead atoms. The quantitative estimate of drug-likeness (QED) is 0.268. The van der Waals surface area contributed by atoms with Gasteiger partial charge in [0.15, 0.2) is 0 Å². The molecule has 12 heteroatoms. The van der Waals surface area contributed by atoms with E-state index in [4.69, 9.17) is 32.4 Å². The molecule has 1 aromatic heterocycles. The molecule has 2 saturated heterocycles. The van der Waals surface area contributed by atoms with Gasteiger partial charge in [-0.25, -0.2) is 0 Å². The summed E-state index contributed by atoms with van der Waals surface area (Å²) in [6.45, 7) is -0.370. The van der Waals surface area contributed by atoms with E-state index in [0.717, 1.165) is 10.6 Å². The first kappa shape index (κ1) is 28.6. The van der Waals surface area contributed by atoms with E-state index >= 15 is 0 Å². The molecule has 2 aliphatic carbocycles. The number of carbonyl (C=O) groups is 4. The van der Waals surface area contributed by atoms with Crippen LogP contribution in [-0.2, 0) is 31.2 Å². The second-order valence-electron chi connectivity index (χ2n) is 11.5. The van der Waals surface area contributed by atoms with Crippen molar-refractivity contribution in [2.24, 2.45) is 23.7 Å². The Morgan fingerprint density at radius 1 is 1.05 bits per heavy atom. The van der Waals surface area contributed by atoms with Crippen LogP contribution in [0.15, 0.2) is 70.7 Å². The van der Waals surface area contributed by atoms with Crippen molar-refractivity contribution >= 4 is 52.5 Å². The second-order valence-corrected chi connectivity index (χ2v) is 12.4. The molecule has 2 aliphatic heterocycles. The highest BCUT2D eigenvalue weighted by molar-refractivity contribution is 6.36. The van der Waals surface area contributed by atoms with Crippen LogP contribution in [0, 0.1) is 23.7 Å². The lowest BCUT2D eigenvalue weighted by Gasteiger charge is -2.49. The maximum Gasteiger partial charge on any atom is 0.260 e. The number of nitrogens with zero attached hydrogens (tertiary/aromatic N) is 1. The monoisotopic (exact) mass is 635 g/mol. The van der Waals surface area contributed by atoms with Crippen molar-refractivity contribution < 1.29 is 33.4 Å². The molecule has 3 heterocycles. The van der Waals surface area contributed by atoms with Crippen molar-refractivity contribution in [1.82, 2.24) is 10.3 Å². The normalized spacial score (nSPS) is 29.1. The number of fused-ring (bicyclic) bond motifs is 4. The lowest BCUT2D eigenvalue weighted by Crippen LogP contribution is -2.53. The van der Waals surface area contributed by atoms with Crippen LogP contribution in [0.2, 0.25) is 10.0 Å². The van der Waals surface area contributed by atoms with Crippen molar-refractivity contribution in [3.8, 4) is 5.75 Å². The van der Waals surface area contributed by atoms with Crippen LogP contribution in [0.1, 0.15) is 35.8 Å². The minimum Gasteiger partial charge on any atom is -0.497 e. The van der Waals surface area contributed by atoms with Crippen LogP contribution in [-0.4, -0.2) is 40.9 Å². The number of hydrogen-bond acceptors (Lipinski definition) is 8. The number of amides is 4. The summed E-state index contributed by atoms with van der Waals surface area (Å²) in [5, 5.41) is 13.9. The molecular weight excluding hydrogens is 609 g/mol. The Labute approximate surface area is 261 Å². The number of furan rings is 1. The number of aliphatic hydroxyl groups is 1. The summed E-state index contributed by atoms with van der Waals surface area (Å²) in [5.74, 6) is -4.14. The van der Waals surface area contributed by atoms with E-state index in [0.29, 0.717) is 34.2 Å². The van der Waals surface area contributed by atoms with E-state index in [9.17, 15) is 24.3 Å². The van der Waals surface area contributed by atoms with E-state index in [1.807, 2.05) is 6.08 Å². The van der Waals surface area contributed by atoms with Gasteiger partial charge in [0.1, 0.15) is 29.3 Å². The van der Waals surface area contributed by atoms with Gasteiger partial charge in [-0.3, -0.25) is 29.9 Å². The molecule has 7 rings (SSSR count). The molecule has 226 valence electrons. The molecular formula is C32H27Cl2N3O7. The third-order valence-corrected chi connectivity index (χ3v) is 10.1. The third-order valence-electron chi connectivity index (χ3n) is 9.55. The molecule has 6 atom stereocenters. The highest BCUT2D eigenvalue weighted by Crippen LogP contribution is 2.64. The molecule has 0 spiro atoms. The Bertz CT molecular complexity index is 1750. The Balaban J connectivity index is 1.46. The highest BCUT2D eigenvalue weighted by Gasteiger charge is 2.70. The van der Waals surface area contributed by atoms with Crippen LogP contribution in [0.4, 0.5) is 5.69 Å². The Hall–Kier alpha value is -4.12. The van der Waals surface area contributed by atoms with E-state index in [2.05, 4.69) is 10.7 Å². The largest absolute Gasteiger partial charge is 0.497 e. The Morgan fingerprint density at radius 2 is 1.82 bits per heavy atom. The summed E-state index contributed by atoms with van der Waals surface area (Å²) < 4.78 is 11.5. The van der Waals surface area contributed by atoms with E-state index in [-0.39, 0.29) is 35.6 Å². The highest BCUT2D eigenvalue weighted by atomic mass is 35.5. The summed E-state index contributed by atoms with van der Waals surface area (Å²) >= 11 is 12.5. The van der Waals surface area contributed by atoms with Crippen LogP contribution < -0.4 is 15.5 Å².